The van der Waals surface area contributed by atoms with Gasteiger partial charge in [-0.1, -0.05) is 6.07 Å². The van der Waals surface area contributed by atoms with Crippen LogP contribution in [-0.2, 0) is 9.84 Å². The minimum absolute atomic E-state index is 0.0908. The number of sulfone groups is 1. The Hall–Kier alpha value is -1.54. The smallest absolute Gasteiger partial charge is 0.175 e. The second-order valence-electron chi connectivity index (χ2n) is 4.57. The summed E-state index contributed by atoms with van der Waals surface area (Å²) in [5.74, 6) is 0.428. The molecule has 2 atom stereocenters. The van der Waals surface area contributed by atoms with Crippen LogP contribution < -0.4 is 4.74 Å². The number of nitrogens with zero attached hydrogens (tertiary/aromatic N) is 1. The van der Waals surface area contributed by atoms with Gasteiger partial charge in [0.05, 0.1) is 16.9 Å². The van der Waals surface area contributed by atoms with Gasteiger partial charge in [-0.25, -0.2) is 8.42 Å². The van der Waals surface area contributed by atoms with Crippen molar-refractivity contribution in [2.75, 3.05) is 6.26 Å². The monoisotopic (exact) mass is 265 g/mol. The van der Waals surface area contributed by atoms with Crippen molar-refractivity contribution in [2.45, 2.75) is 30.3 Å². The van der Waals surface area contributed by atoms with Crippen molar-refractivity contribution in [3.8, 4) is 11.8 Å². The molecule has 0 spiro atoms. The van der Waals surface area contributed by atoms with Gasteiger partial charge in [-0.2, -0.15) is 5.26 Å². The third-order valence-corrected chi connectivity index (χ3v) is 4.25. The lowest BCUT2D eigenvalue weighted by atomic mass is 10.1. The zero-order chi connectivity index (χ0) is 13.2. The number of hydrogen-bond donors (Lipinski definition) is 0. The summed E-state index contributed by atoms with van der Waals surface area (Å²) in [4.78, 5) is 0.242. The van der Waals surface area contributed by atoms with Gasteiger partial charge in [0.15, 0.2) is 9.84 Å². The molecule has 1 aromatic carbocycles. The Morgan fingerprint density at radius 3 is 2.83 bits per heavy atom. The van der Waals surface area contributed by atoms with Crippen LogP contribution in [0, 0.1) is 17.2 Å². The van der Waals surface area contributed by atoms with Gasteiger partial charge in [0.25, 0.3) is 0 Å². The van der Waals surface area contributed by atoms with Crippen LogP contribution in [0.4, 0.5) is 0 Å². The van der Waals surface area contributed by atoms with E-state index in [0.29, 0.717) is 5.75 Å². The molecule has 0 aliphatic heterocycles. The van der Waals surface area contributed by atoms with Crippen LogP contribution >= 0.6 is 0 Å². The predicted octanol–water partition coefficient (Wildman–Crippen LogP) is 2.16. The predicted molar refractivity (Wildman–Crippen MR) is 66.9 cm³/mol. The highest BCUT2D eigenvalue weighted by Crippen LogP contribution is 2.29. The fraction of sp³-hybridized carbons (Fsp3) is 0.462. The SMILES string of the molecule is CS(=O)(=O)c1cccc(OC2CCCC2C#N)c1. The van der Waals surface area contributed by atoms with E-state index >= 15 is 0 Å². The van der Waals surface area contributed by atoms with Gasteiger partial charge in [0.2, 0.25) is 0 Å². The lowest BCUT2D eigenvalue weighted by Gasteiger charge is -2.16. The van der Waals surface area contributed by atoms with Crippen LogP contribution in [0.3, 0.4) is 0 Å². The van der Waals surface area contributed by atoms with E-state index < -0.39 is 9.84 Å². The van der Waals surface area contributed by atoms with E-state index in [1.54, 1.807) is 18.2 Å². The topological polar surface area (TPSA) is 67.2 Å². The van der Waals surface area contributed by atoms with Crippen molar-refractivity contribution in [2.24, 2.45) is 5.92 Å². The lowest BCUT2D eigenvalue weighted by molar-refractivity contribution is 0.182. The molecule has 0 N–H and O–H groups in total. The van der Waals surface area contributed by atoms with E-state index in [4.69, 9.17) is 10.00 Å². The Bertz CT molecular complexity index is 574. The van der Waals surface area contributed by atoms with Gasteiger partial charge in [-0.05, 0) is 37.5 Å². The van der Waals surface area contributed by atoms with Crippen molar-refractivity contribution in [3.63, 3.8) is 0 Å². The van der Waals surface area contributed by atoms with Gasteiger partial charge in [-0.15, -0.1) is 0 Å². The summed E-state index contributed by atoms with van der Waals surface area (Å²) in [6.45, 7) is 0. The maximum Gasteiger partial charge on any atom is 0.175 e. The molecule has 0 radical (unpaired) electrons. The summed E-state index contributed by atoms with van der Waals surface area (Å²) in [6.07, 6.45) is 3.73. The quantitative estimate of drug-likeness (QED) is 0.840. The molecule has 0 heterocycles. The van der Waals surface area contributed by atoms with Crippen LogP contribution in [0.25, 0.3) is 0 Å². The molecular weight excluding hydrogens is 250 g/mol. The van der Waals surface area contributed by atoms with Crippen LogP contribution in [0.5, 0.6) is 5.75 Å². The van der Waals surface area contributed by atoms with Gasteiger partial charge < -0.3 is 4.74 Å². The van der Waals surface area contributed by atoms with Crippen LogP contribution in [0.1, 0.15) is 19.3 Å². The molecule has 0 bridgehead atoms. The minimum atomic E-state index is -3.22. The highest BCUT2D eigenvalue weighted by Gasteiger charge is 2.29. The number of benzene rings is 1. The summed E-state index contributed by atoms with van der Waals surface area (Å²) in [5.41, 5.74) is 0. The van der Waals surface area contributed by atoms with Crippen molar-refractivity contribution < 1.29 is 13.2 Å². The number of nitriles is 1. The molecule has 2 unspecified atom stereocenters. The first kappa shape index (κ1) is 12.9. The third kappa shape index (κ3) is 2.82. The Balaban J connectivity index is 2.18. The Kier molecular flexibility index (Phi) is 3.58. The first-order valence-corrected chi connectivity index (χ1v) is 7.76. The molecule has 18 heavy (non-hydrogen) atoms. The molecule has 0 saturated heterocycles. The minimum Gasteiger partial charge on any atom is -0.489 e. The molecule has 2 rings (SSSR count). The van der Waals surface area contributed by atoms with E-state index in [0.717, 1.165) is 19.3 Å². The average molecular weight is 265 g/mol. The Morgan fingerprint density at radius 1 is 1.39 bits per heavy atom. The van der Waals surface area contributed by atoms with Crippen LogP contribution in [0.2, 0.25) is 0 Å². The summed E-state index contributed by atoms with van der Waals surface area (Å²) in [5, 5.41) is 8.97. The van der Waals surface area contributed by atoms with Crippen molar-refractivity contribution >= 4 is 9.84 Å². The largest absolute Gasteiger partial charge is 0.489 e. The fourth-order valence-electron chi connectivity index (χ4n) is 2.17. The normalized spacial score (nSPS) is 23.6. The molecule has 0 aromatic heterocycles. The highest BCUT2D eigenvalue weighted by molar-refractivity contribution is 7.90. The van der Waals surface area contributed by atoms with Gasteiger partial charge in [-0.3, -0.25) is 0 Å². The van der Waals surface area contributed by atoms with Crippen molar-refractivity contribution in [1.29, 1.82) is 5.26 Å². The number of hydrogen-bond acceptors (Lipinski definition) is 4. The fourth-order valence-corrected chi connectivity index (χ4v) is 2.82. The van der Waals surface area contributed by atoms with Gasteiger partial charge >= 0.3 is 0 Å². The van der Waals surface area contributed by atoms with E-state index in [2.05, 4.69) is 6.07 Å². The van der Waals surface area contributed by atoms with E-state index in [-0.39, 0.29) is 16.9 Å². The summed E-state index contributed by atoms with van der Waals surface area (Å²) >= 11 is 0. The molecule has 1 aromatic rings. The summed E-state index contributed by atoms with van der Waals surface area (Å²) in [6, 6.07) is 8.67. The molecule has 1 saturated carbocycles. The maximum absolute atomic E-state index is 11.4. The first-order chi connectivity index (χ1) is 8.50. The van der Waals surface area contributed by atoms with Gasteiger partial charge in [0, 0.05) is 6.26 Å². The number of rotatable bonds is 3. The molecular formula is C13H15NO3S. The third-order valence-electron chi connectivity index (χ3n) is 3.14. The average Bonchev–Trinajstić information content (AvgIpc) is 2.75. The van der Waals surface area contributed by atoms with Gasteiger partial charge in [0.1, 0.15) is 11.9 Å². The Labute approximate surface area is 107 Å². The number of ether oxygens (including phenoxy) is 1. The summed E-state index contributed by atoms with van der Waals surface area (Å²) < 4.78 is 28.6. The van der Waals surface area contributed by atoms with Crippen molar-refractivity contribution in [1.82, 2.24) is 0 Å². The standard InChI is InChI=1S/C13H15NO3S/c1-18(15,16)12-6-3-5-11(8-12)17-13-7-2-4-10(13)9-14/h3,5-6,8,10,13H,2,4,7H2,1H3. The van der Waals surface area contributed by atoms with E-state index in [1.165, 1.54) is 12.3 Å². The molecule has 1 fully saturated rings. The maximum atomic E-state index is 11.4. The Morgan fingerprint density at radius 2 is 2.17 bits per heavy atom. The zero-order valence-electron chi connectivity index (χ0n) is 10.2. The zero-order valence-corrected chi connectivity index (χ0v) is 11.0. The first-order valence-electron chi connectivity index (χ1n) is 5.87. The molecule has 0 amide bonds. The highest BCUT2D eigenvalue weighted by atomic mass is 32.2. The second kappa shape index (κ2) is 4.99. The summed E-state index contributed by atoms with van der Waals surface area (Å²) in [7, 11) is -3.22. The second-order valence-corrected chi connectivity index (χ2v) is 6.59. The molecule has 5 heteroatoms. The van der Waals surface area contributed by atoms with E-state index in [9.17, 15) is 8.42 Å². The van der Waals surface area contributed by atoms with Crippen LogP contribution in [0.15, 0.2) is 29.2 Å². The van der Waals surface area contributed by atoms with Crippen LogP contribution in [-0.4, -0.2) is 20.8 Å². The molecule has 96 valence electrons. The molecule has 4 nitrogen and oxygen atoms in total. The van der Waals surface area contributed by atoms with Crippen molar-refractivity contribution in [3.05, 3.63) is 24.3 Å². The van der Waals surface area contributed by atoms with E-state index in [1.807, 2.05) is 0 Å². The molecule has 1 aliphatic carbocycles. The molecule has 1 aliphatic rings. The lowest BCUT2D eigenvalue weighted by Crippen LogP contribution is -2.20.